The molecule has 0 atom stereocenters. The van der Waals surface area contributed by atoms with Crippen LogP contribution >= 0.6 is 0 Å². The summed E-state index contributed by atoms with van der Waals surface area (Å²) in [4.78, 5) is 44.9. The van der Waals surface area contributed by atoms with E-state index in [9.17, 15) is 14.4 Å². The summed E-state index contributed by atoms with van der Waals surface area (Å²) in [5.74, 6) is 0.289. The minimum Gasteiger partial charge on any atom is -0.342 e. The van der Waals surface area contributed by atoms with Crippen molar-refractivity contribution in [3.63, 3.8) is 0 Å². The molecular weight excluding hydrogens is 418 g/mol. The average Bonchev–Trinajstić information content (AvgIpc) is 3.10. The molecule has 2 aliphatic rings. The molecule has 0 bridgehead atoms. The quantitative estimate of drug-likeness (QED) is 0.694. The van der Waals surface area contributed by atoms with Crippen molar-refractivity contribution in [3.05, 3.63) is 40.3 Å². The molecule has 8 nitrogen and oxygen atoms in total. The first-order chi connectivity index (χ1) is 15.9. The molecule has 0 radical (unpaired) electrons. The molecule has 0 saturated carbocycles. The summed E-state index contributed by atoms with van der Waals surface area (Å²) in [5, 5.41) is 5.62. The van der Waals surface area contributed by atoms with Gasteiger partial charge in [0, 0.05) is 51.2 Å². The molecule has 3 heterocycles. The Balaban J connectivity index is 1.45. The predicted molar refractivity (Wildman–Crippen MR) is 128 cm³/mol. The van der Waals surface area contributed by atoms with Crippen molar-refractivity contribution >= 4 is 22.6 Å². The Kier molecular flexibility index (Phi) is 7.42. The Morgan fingerprint density at radius 1 is 0.879 bits per heavy atom. The van der Waals surface area contributed by atoms with Gasteiger partial charge in [-0.05, 0) is 24.8 Å². The number of rotatable bonds is 5. The van der Waals surface area contributed by atoms with Gasteiger partial charge in [-0.15, -0.1) is 0 Å². The summed E-state index contributed by atoms with van der Waals surface area (Å²) in [5.41, 5.74) is 0.174. The first kappa shape index (κ1) is 23.4. The molecule has 1 aromatic carbocycles. The average molecular weight is 454 g/mol. The number of carbonyl (C=O) groups is 2. The number of likely N-dealkylation sites (tertiary alicyclic amines) is 1. The van der Waals surface area contributed by atoms with Crippen LogP contribution in [0.5, 0.6) is 0 Å². The van der Waals surface area contributed by atoms with Crippen LogP contribution in [0, 0.1) is 5.92 Å². The molecule has 4 rings (SSSR count). The van der Waals surface area contributed by atoms with E-state index in [1.807, 2.05) is 30.9 Å². The van der Waals surface area contributed by atoms with E-state index < -0.39 is 0 Å². The lowest BCUT2D eigenvalue weighted by molar-refractivity contribution is -0.132. The summed E-state index contributed by atoms with van der Waals surface area (Å²) < 4.78 is 1.43. The molecule has 0 spiro atoms. The molecule has 0 N–H and O–H groups in total. The van der Waals surface area contributed by atoms with Crippen molar-refractivity contribution in [1.29, 1.82) is 0 Å². The Labute approximate surface area is 195 Å². The highest BCUT2D eigenvalue weighted by Gasteiger charge is 2.27. The topological polar surface area (TPSA) is 78.8 Å². The molecule has 0 unspecified atom stereocenters. The smallest absolute Gasteiger partial charge is 0.275 e. The maximum Gasteiger partial charge on any atom is 0.275 e. The minimum atomic E-state index is -0.160. The fourth-order valence-electron chi connectivity index (χ4n) is 4.73. The lowest BCUT2D eigenvalue weighted by Gasteiger charge is -2.35. The van der Waals surface area contributed by atoms with E-state index in [4.69, 9.17) is 0 Å². The number of hydrogen-bond acceptors (Lipinski definition) is 5. The Hall–Kier alpha value is -2.74. The molecule has 2 saturated heterocycles. The van der Waals surface area contributed by atoms with Crippen molar-refractivity contribution in [3.8, 4) is 0 Å². The van der Waals surface area contributed by atoms with Gasteiger partial charge in [0.05, 0.1) is 11.9 Å². The standard InChI is InChI=1S/C25H35N5O3/c1-19(2)17-30-24(32)21-10-6-5-9-20(21)23(26-30)25(33)29-15-13-27(14-16-29)18-22(31)28-11-7-3-4-8-12-28/h5-6,9-10,19H,3-4,7-8,11-18H2,1-2H3. The Morgan fingerprint density at radius 2 is 1.52 bits per heavy atom. The molecule has 0 aliphatic carbocycles. The number of hydrogen-bond donors (Lipinski definition) is 0. The van der Waals surface area contributed by atoms with Crippen molar-refractivity contribution in [2.24, 2.45) is 5.92 Å². The second-order valence-electron chi connectivity index (χ2n) is 9.64. The molecule has 8 heteroatoms. The van der Waals surface area contributed by atoms with Crippen LogP contribution in [0.15, 0.2) is 29.1 Å². The van der Waals surface area contributed by atoms with E-state index in [1.165, 1.54) is 17.5 Å². The summed E-state index contributed by atoms with van der Waals surface area (Å²) >= 11 is 0. The van der Waals surface area contributed by atoms with Gasteiger partial charge in [-0.1, -0.05) is 44.9 Å². The number of amides is 2. The van der Waals surface area contributed by atoms with Crippen LogP contribution in [0.1, 0.15) is 50.0 Å². The zero-order chi connectivity index (χ0) is 23.4. The molecule has 33 heavy (non-hydrogen) atoms. The Bertz CT molecular complexity index is 1050. The SMILES string of the molecule is CC(C)Cn1nc(C(=O)N2CCN(CC(=O)N3CCCCCC3)CC2)c2ccccc2c1=O. The largest absolute Gasteiger partial charge is 0.342 e. The highest BCUT2D eigenvalue weighted by molar-refractivity contribution is 6.04. The summed E-state index contributed by atoms with van der Waals surface area (Å²) in [6.45, 7) is 9.08. The number of piperazine rings is 1. The van der Waals surface area contributed by atoms with Gasteiger partial charge in [0.2, 0.25) is 5.91 Å². The van der Waals surface area contributed by atoms with Crippen LogP contribution in [0.4, 0.5) is 0 Å². The molecule has 1 aromatic heterocycles. The van der Waals surface area contributed by atoms with Gasteiger partial charge in [0.25, 0.3) is 11.5 Å². The number of nitrogens with zero attached hydrogens (tertiary/aromatic N) is 5. The van der Waals surface area contributed by atoms with E-state index >= 15 is 0 Å². The lowest BCUT2D eigenvalue weighted by atomic mass is 10.1. The monoisotopic (exact) mass is 453 g/mol. The first-order valence-electron chi connectivity index (χ1n) is 12.2. The summed E-state index contributed by atoms with van der Waals surface area (Å²) in [7, 11) is 0. The molecule has 178 valence electrons. The third-order valence-electron chi connectivity index (χ3n) is 6.59. The fourth-order valence-corrected chi connectivity index (χ4v) is 4.73. The zero-order valence-corrected chi connectivity index (χ0v) is 19.8. The van der Waals surface area contributed by atoms with Crippen LogP contribution in [0.2, 0.25) is 0 Å². The second-order valence-corrected chi connectivity index (χ2v) is 9.64. The van der Waals surface area contributed by atoms with E-state index in [0.29, 0.717) is 55.7 Å². The molecule has 2 aliphatic heterocycles. The molecular formula is C25H35N5O3. The third-order valence-corrected chi connectivity index (χ3v) is 6.59. The number of fused-ring (bicyclic) bond motifs is 1. The third kappa shape index (κ3) is 5.43. The van der Waals surface area contributed by atoms with Gasteiger partial charge in [-0.3, -0.25) is 19.3 Å². The molecule has 2 amide bonds. The van der Waals surface area contributed by atoms with Gasteiger partial charge < -0.3 is 9.80 Å². The van der Waals surface area contributed by atoms with Crippen molar-refractivity contribution in [2.75, 3.05) is 45.8 Å². The minimum absolute atomic E-state index is 0.151. The van der Waals surface area contributed by atoms with E-state index in [1.54, 1.807) is 17.0 Å². The normalized spacial score (nSPS) is 18.0. The van der Waals surface area contributed by atoms with Gasteiger partial charge in [0.1, 0.15) is 0 Å². The van der Waals surface area contributed by atoms with Crippen LogP contribution in [0.3, 0.4) is 0 Å². The second kappa shape index (κ2) is 10.5. The van der Waals surface area contributed by atoms with E-state index in [0.717, 1.165) is 25.9 Å². The van der Waals surface area contributed by atoms with Gasteiger partial charge in [-0.2, -0.15) is 5.10 Å². The fraction of sp³-hybridized carbons (Fsp3) is 0.600. The summed E-state index contributed by atoms with van der Waals surface area (Å²) in [6.07, 6.45) is 4.59. The molecule has 2 aromatic rings. The van der Waals surface area contributed by atoms with Crippen LogP contribution in [-0.2, 0) is 11.3 Å². The number of benzene rings is 1. The number of carbonyl (C=O) groups excluding carboxylic acids is 2. The summed E-state index contributed by atoms with van der Waals surface area (Å²) in [6, 6.07) is 7.21. The van der Waals surface area contributed by atoms with Crippen LogP contribution < -0.4 is 5.56 Å². The van der Waals surface area contributed by atoms with Crippen LogP contribution in [-0.4, -0.2) is 82.1 Å². The van der Waals surface area contributed by atoms with Crippen molar-refractivity contribution in [1.82, 2.24) is 24.5 Å². The molecule has 2 fully saturated rings. The van der Waals surface area contributed by atoms with E-state index in [-0.39, 0.29) is 23.3 Å². The Morgan fingerprint density at radius 3 is 2.15 bits per heavy atom. The first-order valence-corrected chi connectivity index (χ1v) is 12.2. The lowest BCUT2D eigenvalue weighted by Crippen LogP contribution is -2.52. The maximum atomic E-state index is 13.4. The number of aromatic nitrogens is 2. The van der Waals surface area contributed by atoms with Crippen molar-refractivity contribution in [2.45, 2.75) is 46.1 Å². The van der Waals surface area contributed by atoms with Crippen molar-refractivity contribution < 1.29 is 9.59 Å². The van der Waals surface area contributed by atoms with Gasteiger partial charge in [0.15, 0.2) is 5.69 Å². The maximum absolute atomic E-state index is 13.4. The van der Waals surface area contributed by atoms with Gasteiger partial charge in [-0.25, -0.2) is 4.68 Å². The van der Waals surface area contributed by atoms with E-state index in [2.05, 4.69) is 10.00 Å². The zero-order valence-electron chi connectivity index (χ0n) is 19.8. The predicted octanol–water partition coefficient (Wildman–Crippen LogP) is 2.21. The van der Waals surface area contributed by atoms with Crippen LogP contribution in [0.25, 0.3) is 10.8 Å². The van der Waals surface area contributed by atoms with Gasteiger partial charge >= 0.3 is 0 Å². The highest BCUT2D eigenvalue weighted by atomic mass is 16.2. The highest BCUT2D eigenvalue weighted by Crippen LogP contribution is 2.17.